The lowest BCUT2D eigenvalue weighted by Gasteiger charge is -2.29. The molecule has 1 saturated heterocycles. The lowest BCUT2D eigenvalue weighted by molar-refractivity contribution is -0.134. The summed E-state index contributed by atoms with van der Waals surface area (Å²) in [7, 11) is 0. The standard InChI is InChI=1S/C9H15N5O2/c10-9-11-6-14(12-9)5-8(16)13-3-1-7(15)2-4-13/h6-7,15H,1-5H2,(H2,10,12). The third kappa shape index (κ3) is 2.48. The fraction of sp³-hybridized carbons (Fsp3) is 0.667. The van der Waals surface area contributed by atoms with E-state index in [9.17, 15) is 9.90 Å². The second kappa shape index (κ2) is 4.48. The molecule has 1 amide bonds. The number of anilines is 1. The molecule has 2 heterocycles. The lowest BCUT2D eigenvalue weighted by atomic mass is 10.1. The van der Waals surface area contributed by atoms with Gasteiger partial charge in [0.2, 0.25) is 11.9 Å². The van der Waals surface area contributed by atoms with E-state index >= 15 is 0 Å². The summed E-state index contributed by atoms with van der Waals surface area (Å²) >= 11 is 0. The van der Waals surface area contributed by atoms with Crippen LogP contribution < -0.4 is 5.73 Å². The number of hydrogen-bond acceptors (Lipinski definition) is 5. The number of nitrogens with zero attached hydrogens (tertiary/aromatic N) is 4. The smallest absolute Gasteiger partial charge is 0.244 e. The predicted octanol–water partition coefficient (Wildman–Crippen LogP) is -1.16. The van der Waals surface area contributed by atoms with Gasteiger partial charge in [0.25, 0.3) is 0 Å². The molecule has 1 aromatic heterocycles. The second-order valence-corrected chi connectivity index (χ2v) is 3.91. The second-order valence-electron chi connectivity index (χ2n) is 3.91. The topological polar surface area (TPSA) is 97.3 Å². The largest absolute Gasteiger partial charge is 0.393 e. The van der Waals surface area contributed by atoms with Crippen molar-refractivity contribution in [2.24, 2.45) is 0 Å². The van der Waals surface area contributed by atoms with E-state index in [1.807, 2.05) is 0 Å². The van der Waals surface area contributed by atoms with Crippen LogP contribution in [-0.4, -0.2) is 49.9 Å². The van der Waals surface area contributed by atoms with Gasteiger partial charge < -0.3 is 15.7 Å². The molecule has 1 aromatic rings. The molecular formula is C9H15N5O2. The van der Waals surface area contributed by atoms with Crippen molar-refractivity contribution in [1.29, 1.82) is 0 Å². The monoisotopic (exact) mass is 225 g/mol. The number of carbonyl (C=O) groups excluding carboxylic acids is 1. The van der Waals surface area contributed by atoms with Gasteiger partial charge in [0.1, 0.15) is 12.9 Å². The molecule has 1 aliphatic heterocycles. The van der Waals surface area contributed by atoms with Crippen LogP contribution in [0.5, 0.6) is 0 Å². The normalized spacial score (nSPS) is 17.7. The molecule has 0 bridgehead atoms. The number of likely N-dealkylation sites (tertiary alicyclic amines) is 1. The molecule has 0 unspecified atom stereocenters. The molecule has 0 saturated carbocycles. The summed E-state index contributed by atoms with van der Waals surface area (Å²) in [5, 5.41) is 13.2. The number of hydrogen-bond donors (Lipinski definition) is 2. The van der Waals surface area contributed by atoms with Crippen molar-refractivity contribution in [1.82, 2.24) is 19.7 Å². The van der Waals surface area contributed by atoms with E-state index in [1.165, 1.54) is 11.0 Å². The maximum atomic E-state index is 11.8. The first-order valence-corrected chi connectivity index (χ1v) is 5.26. The van der Waals surface area contributed by atoms with Gasteiger partial charge in [-0.05, 0) is 12.8 Å². The summed E-state index contributed by atoms with van der Waals surface area (Å²) in [6.07, 6.45) is 2.45. The van der Waals surface area contributed by atoms with E-state index < -0.39 is 0 Å². The summed E-state index contributed by atoms with van der Waals surface area (Å²) in [6.45, 7) is 1.36. The maximum absolute atomic E-state index is 11.8. The molecule has 1 fully saturated rings. The maximum Gasteiger partial charge on any atom is 0.244 e. The molecule has 2 rings (SSSR count). The van der Waals surface area contributed by atoms with Crippen LogP contribution in [0.1, 0.15) is 12.8 Å². The van der Waals surface area contributed by atoms with Crippen LogP contribution in [0.4, 0.5) is 5.95 Å². The van der Waals surface area contributed by atoms with Crippen molar-refractivity contribution in [2.75, 3.05) is 18.8 Å². The highest BCUT2D eigenvalue weighted by atomic mass is 16.3. The first-order valence-electron chi connectivity index (χ1n) is 5.26. The number of amides is 1. The van der Waals surface area contributed by atoms with Crippen LogP contribution in [0.3, 0.4) is 0 Å². The van der Waals surface area contributed by atoms with Crippen molar-refractivity contribution < 1.29 is 9.90 Å². The van der Waals surface area contributed by atoms with E-state index in [2.05, 4.69) is 10.1 Å². The number of aliphatic hydroxyl groups excluding tert-OH is 1. The van der Waals surface area contributed by atoms with E-state index in [4.69, 9.17) is 5.73 Å². The Kier molecular flexibility index (Phi) is 3.04. The van der Waals surface area contributed by atoms with Gasteiger partial charge in [0, 0.05) is 13.1 Å². The Morgan fingerprint density at radius 2 is 2.25 bits per heavy atom. The first kappa shape index (κ1) is 10.9. The minimum atomic E-state index is -0.272. The van der Waals surface area contributed by atoms with Crippen LogP contribution >= 0.6 is 0 Å². The zero-order valence-corrected chi connectivity index (χ0v) is 8.91. The fourth-order valence-corrected chi connectivity index (χ4v) is 1.74. The molecule has 7 heteroatoms. The van der Waals surface area contributed by atoms with Crippen LogP contribution in [-0.2, 0) is 11.3 Å². The van der Waals surface area contributed by atoms with Gasteiger partial charge in [0.15, 0.2) is 0 Å². The van der Waals surface area contributed by atoms with Crippen molar-refractivity contribution in [3.63, 3.8) is 0 Å². The fourth-order valence-electron chi connectivity index (χ4n) is 1.74. The van der Waals surface area contributed by atoms with E-state index in [0.29, 0.717) is 25.9 Å². The summed E-state index contributed by atoms with van der Waals surface area (Å²) in [6, 6.07) is 0. The van der Waals surface area contributed by atoms with E-state index in [0.717, 1.165) is 0 Å². The quantitative estimate of drug-likeness (QED) is 0.662. The van der Waals surface area contributed by atoms with Crippen LogP contribution in [0, 0.1) is 0 Å². The molecule has 0 atom stereocenters. The Morgan fingerprint density at radius 3 is 2.81 bits per heavy atom. The van der Waals surface area contributed by atoms with Crippen LogP contribution in [0.2, 0.25) is 0 Å². The van der Waals surface area contributed by atoms with Crippen LogP contribution in [0.25, 0.3) is 0 Å². The Balaban J connectivity index is 1.88. The van der Waals surface area contributed by atoms with Gasteiger partial charge >= 0.3 is 0 Å². The highest BCUT2D eigenvalue weighted by Gasteiger charge is 2.21. The Bertz CT molecular complexity index is 370. The molecule has 1 aliphatic rings. The number of nitrogen functional groups attached to an aromatic ring is 1. The molecule has 0 aliphatic carbocycles. The van der Waals surface area contributed by atoms with Gasteiger partial charge in [-0.1, -0.05) is 0 Å². The Morgan fingerprint density at radius 1 is 1.56 bits per heavy atom. The molecule has 0 radical (unpaired) electrons. The summed E-state index contributed by atoms with van der Waals surface area (Å²) in [5.74, 6) is 0.152. The number of nitrogens with two attached hydrogens (primary N) is 1. The zero-order chi connectivity index (χ0) is 11.5. The van der Waals surface area contributed by atoms with Crippen molar-refractivity contribution in [3.05, 3.63) is 6.33 Å². The van der Waals surface area contributed by atoms with Gasteiger partial charge in [0.05, 0.1) is 6.10 Å². The zero-order valence-electron chi connectivity index (χ0n) is 8.91. The average Bonchev–Trinajstić information content (AvgIpc) is 2.65. The number of aliphatic hydroxyl groups is 1. The SMILES string of the molecule is Nc1ncn(CC(=O)N2CCC(O)CC2)n1. The number of carbonyl (C=O) groups is 1. The highest BCUT2D eigenvalue weighted by molar-refractivity contribution is 5.76. The number of aromatic nitrogens is 3. The molecule has 7 nitrogen and oxygen atoms in total. The third-order valence-corrected chi connectivity index (χ3v) is 2.67. The summed E-state index contributed by atoms with van der Waals surface area (Å²) < 4.78 is 1.42. The lowest BCUT2D eigenvalue weighted by Crippen LogP contribution is -2.41. The highest BCUT2D eigenvalue weighted by Crippen LogP contribution is 2.10. The molecule has 0 aromatic carbocycles. The van der Waals surface area contributed by atoms with Crippen molar-refractivity contribution in [2.45, 2.75) is 25.5 Å². The third-order valence-electron chi connectivity index (χ3n) is 2.67. The van der Waals surface area contributed by atoms with Gasteiger partial charge in [-0.3, -0.25) is 4.79 Å². The van der Waals surface area contributed by atoms with Gasteiger partial charge in [-0.25, -0.2) is 9.67 Å². The van der Waals surface area contributed by atoms with Crippen molar-refractivity contribution in [3.8, 4) is 0 Å². The summed E-state index contributed by atoms with van der Waals surface area (Å²) in [4.78, 5) is 17.3. The predicted molar refractivity (Wildman–Crippen MR) is 56.3 cm³/mol. The van der Waals surface area contributed by atoms with Crippen LogP contribution in [0.15, 0.2) is 6.33 Å². The number of piperidine rings is 1. The van der Waals surface area contributed by atoms with Crippen molar-refractivity contribution >= 4 is 11.9 Å². The minimum absolute atomic E-state index is 0.0169. The van der Waals surface area contributed by atoms with Gasteiger partial charge in [-0.2, -0.15) is 0 Å². The van der Waals surface area contributed by atoms with E-state index in [-0.39, 0.29) is 24.5 Å². The number of rotatable bonds is 2. The van der Waals surface area contributed by atoms with Gasteiger partial charge in [-0.15, -0.1) is 5.10 Å². The molecule has 16 heavy (non-hydrogen) atoms. The Labute approximate surface area is 92.9 Å². The minimum Gasteiger partial charge on any atom is -0.393 e. The Hall–Kier alpha value is -1.63. The first-order chi connectivity index (χ1) is 7.65. The average molecular weight is 225 g/mol. The molecular weight excluding hydrogens is 210 g/mol. The molecule has 3 N–H and O–H groups in total. The molecule has 0 spiro atoms. The van der Waals surface area contributed by atoms with E-state index in [1.54, 1.807) is 4.90 Å². The molecule has 88 valence electrons. The summed E-state index contributed by atoms with van der Waals surface area (Å²) in [5.41, 5.74) is 5.35.